The van der Waals surface area contributed by atoms with Gasteiger partial charge in [0.2, 0.25) is 11.8 Å². The second kappa shape index (κ2) is 8.25. The van der Waals surface area contributed by atoms with Crippen molar-refractivity contribution in [3.05, 3.63) is 70.6 Å². The molecule has 1 fully saturated rings. The first-order valence-electron chi connectivity index (χ1n) is 9.55. The van der Waals surface area contributed by atoms with Crippen LogP contribution in [0.4, 0.5) is 4.39 Å². The molecule has 0 radical (unpaired) electrons. The topological polar surface area (TPSA) is 65.2 Å². The molecular formula is C22H21ClFN3O2. The molecule has 2 amide bonds. The zero-order valence-electron chi connectivity index (χ0n) is 15.8. The maximum absolute atomic E-state index is 13.5. The minimum Gasteiger partial charge on any atom is -0.361 e. The number of amides is 2. The van der Waals surface area contributed by atoms with Crippen LogP contribution in [0.15, 0.2) is 48.7 Å². The molecule has 2 aromatic carbocycles. The van der Waals surface area contributed by atoms with E-state index in [9.17, 15) is 14.0 Å². The maximum atomic E-state index is 13.5. The van der Waals surface area contributed by atoms with E-state index < -0.39 is 0 Å². The average molecular weight is 414 g/mol. The minimum absolute atomic E-state index is 0.0334. The number of hydrogen-bond acceptors (Lipinski definition) is 2. The van der Waals surface area contributed by atoms with Crippen molar-refractivity contribution in [2.45, 2.75) is 19.4 Å². The third-order valence-electron chi connectivity index (χ3n) is 5.38. The minimum atomic E-state index is -0.370. The Bertz CT molecular complexity index is 1070. The number of H-pyrrole nitrogens is 1. The molecule has 3 aromatic rings. The van der Waals surface area contributed by atoms with Gasteiger partial charge in [-0.25, -0.2) is 4.39 Å². The summed E-state index contributed by atoms with van der Waals surface area (Å²) in [5, 5.41) is 4.30. The molecule has 0 saturated carbocycles. The van der Waals surface area contributed by atoms with Gasteiger partial charge in [-0.2, -0.15) is 0 Å². The van der Waals surface area contributed by atoms with E-state index in [1.54, 1.807) is 17.0 Å². The lowest BCUT2D eigenvalue weighted by Gasteiger charge is -2.16. The molecule has 29 heavy (non-hydrogen) atoms. The zero-order chi connectivity index (χ0) is 20.4. The summed E-state index contributed by atoms with van der Waals surface area (Å²) >= 11 is 6.12. The number of rotatable bonds is 6. The zero-order valence-corrected chi connectivity index (χ0v) is 16.5. The van der Waals surface area contributed by atoms with Gasteiger partial charge in [-0.05, 0) is 41.8 Å². The van der Waals surface area contributed by atoms with Crippen LogP contribution in [0.25, 0.3) is 10.9 Å². The van der Waals surface area contributed by atoms with E-state index in [0.717, 1.165) is 22.0 Å². The van der Waals surface area contributed by atoms with Gasteiger partial charge in [0.15, 0.2) is 0 Å². The summed E-state index contributed by atoms with van der Waals surface area (Å²) in [5.41, 5.74) is 2.67. The Kier molecular flexibility index (Phi) is 5.53. The van der Waals surface area contributed by atoms with Crippen LogP contribution < -0.4 is 5.32 Å². The number of carbonyl (C=O) groups is 2. The SMILES string of the molecule is O=C(NCc1ccccc1Cl)[C@@H]1CC(=O)N(CCc2c[nH]c3ccc(F)cc23)C1. The highest BCUT2D eigenvalue weighted by Crippen LogP contribution is 2.23. The van der Waals surface area contributed by atoms with Gasteiger partial charge in [0, 0.05) is 48.2 Å². The van der Waals surface area contributed by atoms with Crippen LogP contribution in [0.1, 0.15) is 17.5 Å². The van der Waals surface area contributed by atoms with Crippen molar-refractivity contribution in [1.29, 1.82) is 0 Å². The Morgan fingerprint density at radius 1 is 1.24 bits per heavy atom. The lowest BCUT2D eigenvalue weighted by Crippen LogP contribution is -2.33. The van der Waals surface area contributed by atoms with Crippen molar-refractivity contribution in [1.82, 2.24) is 15.2 Å². The number of aromatic amines is 1. The number of likely N-dealkylation sites (tertiary alicyclic amines) is 1. The summed E-state index contributed by atoms with van der Waals surface area (Å²) in [5.74, 6) is -0.833. The lowest BCUT2D eigenvalue weighted by molar-refractivity contribution is -0.129. The Morgan fingerprint density at radius 2 is 2.07 bits per heavy atom. The van der Waals surface area contributed by atoms with Crippen molar-refractivity contribution in [2.75, 3.05) is 13.1 Å². The van der Waals surface area contributed by atoms with Gasteiger partial charge in [0.25, 0.3) is 0 Å². The van der Waals surface area contributed by atoms with Crippen LogP contribution in [0.2, 0.25) is 5.02 Å². The van der Waals surface area contributed by atoms with Gasteiger partial charge in [-0.15, -0.1) is 0 Å². The van der Waals surface area contributed by atoms with E-state index in [2.05, 4.69) is 10.3 Å². The Morgan fingerprint density at radius 3 is 2.90 bits per heavy atom. The van der Waals surface area contributed by atoms with Crippen LogP contribution in [-0.2, 0) is 22.6 Å². The lowest BCUT2D eigenvalue weighted by atomic mass is 10.1. The molecule has 1 atom stereocenters. The molecule has 2 N–H and O–H groups in total. The molecule has 5 nitrogen and oxygen atoms in total. The van der Waals surface area contributed by atoms with E-state index in [0.29, 0.717) is 31.1 Å². The number of carbonyl (C=O) groups excluding carboxylic acids is 2. The Balaban J connectivity index is 1.33. The fourth-order valence-corrected chi connectivity index (χ4v) is 3.95. The van der Waals surface area contributed by atoms with E-state index in [4.69, 9.17) is 11.6 Å². The second-order valence-electron chi connectivity index (χ2n) is 7.30. The molecule has 1 aromatic heterocycles. The Labute approximate surface area is 172 Å². The normalized spacial score (nSPS) is 16.6. The quantitative estimate of drug-likeness (QED) is 0.647. The number of fused-ring (bicyclic) bond motifs is 1. The number of hydrogen-bond donors (Lipinski definition) is 2. The summed E-state index contributed by atoms with van der Waals surface area (Å²) in [7, 11) is 0. The first kappa shape index (κ1) is 19.5. The fourth-order valence-electron chi connectivity index (χ4n) is 3.75. The predicted octanol–water partition coefficient (Wildman–Crippen LogP) is 3.67. The highest BCUT2D eigenvalue weighted by molar-refractivity contribution is 6.31. The number of halogens is 2. The van der Waals surface area contributed by atoms with Gasteiger partial charge in [-0.3, -0.25) is 9.59 Å². The van der Waals surface area contributed by atoms with E-state index in [1.165, 1.54) is 12.1 Å². The molecule has 4 rings (SSSR count). The number of aromatic nitrogens is 1. The predicted molar refractivity (Wildman–Crippen MR) is 110 cm³/mol. The van der Waals surface area contributed by atoms with Crippen LogP contribution in [0, 0.1) is 11.7 Å². The van der Waals surface area contributed by atoms with Crippen molar-refractivity contribution in [2.24, 2.45) is 5.92 Å². The maximum Gasteiger partial charge on any atom is 0.225 e. The molecule has 0 bridgehead atoms. The molecule has 150 valence electrons. The van der Waals surface area contributed by atoms with Gasteiger partial charge >= 0.3 is 0 Å². The van der Waals surface area contributed by atoms with Crippen molar-refractivity contribution >= 4 is 34.3 Å². The number of benzene rings is 2. The van der Waals surface area contributed by atoms with Crippen molar-refractivity contribution in [3.8, 4) is 0 Å². The molecule has 1 aliphatic rings. The van der Waals surface area contributed by atoms with Gasteiger partial charge in [0.1, 0.15) is 5.82 Å². The van der Waals surface area contributed by atoms with Crippen LogP contribution in [-0.4, -0.2) is 34.8 Å². The molecule has 0 aliphatic carbocycles. The molecule has 2 heterocycles. The number of nitrogens with zero attached hydrogens (tertiary/aromatic N) is 1. The first-order chi connectivity index (χ1) is 14.0. The molecule has 1 aliphatic heterocycles. The second-order valence-corrected chi connectivity index (χ2v) is 7.71. The standard InChI is InChI=1S/C22H21ClFN3O2/c23-19-4-2-1-3-15(19)12-26-22(29)16-9-21(28)27(13-16)8-7-14-11-25-20-6-5-17(24)10-18(14)20/h1-6,10-11,16,25H,7-9,12-13H2,(H,26,29)/t16-/m1/s1. The van der Waals surface area contributed by atoms with Crippen LogP contribution >= 0.6 is 11.6 Å². The van der Waals surface area contributed by atoms with E-state index in [1.807, 2.05) is 24.4 Å². The van der Waals surface area contributed by atoms with Gasteiger partial charge in [-0.1, -0.05) is 29.8 Å². The first-order valence-corrected chi connectivity index (χ1v) is 9.93. The third kappa shape index (κ3) is 4.27. The molecule has 0 unspecified atom stereocenters. The van der Waals surface area contributed by atoms with Gasteiger partial charge in [0.05, 0.1) is 5.92 Å². The summed E-state index contributed by atoms with van der Waals surface area (Å²) in [6, 6.07) is 12.0. The highest BCUT2D eigenvalue weighted by Gasteiger charge is 2.34. The smallest absolute Gasteiger partial charge is 0.225 e. The summed E-state index contributed by atoms with van der Waals surface area (Å²) in [4.78, 5) is 29.7. The number of nitrogens with one attached hydrogen (secondary N) is 2. The Hall–Kier alpha value is -2.86. The summed E-state index contributed by atoms with van der Waals surface area (Å²) < 4.78 is 13.5. The van der Waals surface area contributed by atoms with Crippen molar-refractivity contribution in [3.63, 3.8) is 0 Å². The summed E-state index contributed by atoms with van der Waals surface area (Å²) in [6.45, 7) is 1.23. The van der Waals surface area contributed by atoms with Crippen LogP contribution in [0.3, 0.4) is 0 Å². The molecular weight excluding hydrogens is 393 g/mol. The highest BCUT2D eigenvalue weighted by atomic mass is 35.5. The molecule has 7 heteroatoms. The molecule has 0 spiro atoms. The van der Waals surface area contributed by atoms with Gasteiger partial charge < -0.3 is 15.2 Å². The molecule has 1 saturated heterocycles. The van der Waals surface area contributed by atoms with Crippen molar-refractivity contribution < 1.29 is 14.0 Å². The third-order valence-corrected chi connectivity index (χ3v) is 5.75. The van der Waals surface area contributed by atoms with Crippen LogP contribution in [0.5, 0.6) is 0 Å². The van der Waals surface area contributed by atoms with E-state index >= 15 is 0 Å². The van der Waals surface area contributed by atoms with E-state index in [-0.39, 0.29) is 30.0 Å². The largest absolute Gasteiger partial charge is 0.361 e. The monoisotopic (exact) mass is 413 g/mol. The average Bonchev–Trinajstić information content (AvgIpc) is 3.28. The summed E-state index contributed by atoms with van der Waals surface area (Å²) in [6.07, 6.45) is 2.65. The fraction of sp³-hybridized carbons (Fsp3) is 0.273.